The number of halogens is 2. The summed E-state index contributed by atoms with van der Waals surface area (Å²) >= 11 is 3.68. The maximum absolute atomic E-state index is 13.8. The van der Waals surface area contributed by atoms with Gasteiger partial charge >= 0.3 is 0 Å². The minimum absolute atomic E-state index is 0.123. The number of ketones is 1. The second kappa shape index (κ2) is 9.83. The number of allylic oxidation sites excluding steroid dienone is 1. The van der Waals surface area contributed by atoms with Crippen LogP contribution in [-0.4, -0.2) is 12.9 Å². The van der Waals surface area contributed by atoms with Crippen LogP contribution in [0, 0.1) is 11.2 Å². The van der Waals surface area contributed by atoms with Gasteiger partial charge in [-0.3, -0.25) is 4.79 Å². The number of Topliss-reactive ketones (excluding diaryl/α,β-unsaturated/α-hetero) is 1. The van der Waals surface area contributed by atoms with E-state index in [1.54, 1.807) is 19.2 Å². The first-order chi connectivity index (χ1) is 18.7. The van der Waals surface area contributed by atoms with Gasteiger partial charge in [0.05, 0.1) is 17.6 Å². The zero-order valence-electron chi connectivity index (χ0n) is 22.1. The largest absolute Gasteiger partial charge is 0.493 e. The normalized spacial score (nSPS) is 17.9. The van der Waals surface area contributed by atoms with Crippen molar-refractivity contribution >= 4 is 43.7 Å². The molecule has 2 aliphatic rings. The van der Waals surface area contributed by atoms with Gasteiger partial charge in [0.2, 0.25) is 0 Å². The van der Waals surface area contributed by atoms with Crippen LogP contribution >= 0.6 is 15.9 Å². The summed E-state index contributed by atoms with van der Waals surface area (Å²) in [6.07, 6.45) is 1.33. The highest BCUT2D eigenvalue weighted by molar-refractivity contribution is 9.10. The van der Waals surface area contributed by atoms with Crippen LogP contribution in [0.5, 0.6) is 11.5 Å². The SMILES string of the molecule is COc1cc([C@@H]2Nc3ccc4ccccc4c3C3=C2C(=O)CC(C)(C)C3)cc(Br)c1OCc1ccc(F)cc1. The van der Waals surface area contributed by atoms with E-state index in [2.05, 4.69) is 65.4 Å². The highest BCUT2D eigenvalue weighted by Gasteiger charge is 2.41. The van der Waals surface area contributed by atoms with Gasteiger partial charge in [0.15, 0.2) is 17.3 Å². The van der Waals surface area contributed by atoms with E-state index in [1.807, 2.05) is 18.2 Å². The molecule has 1 atom stereocenters. The lowest BCUT2D eigenvalue weighted by Gasteiger charge is -2.40. The highest BCUT2D eigenvalue weighted by atomic mass is 79.9. The molecule has 198 valence electrons. The third-order valence-corrected chi connectivity index (χ3v) is 8.21. The van der Waals surface area contributed by atoms with Gasteiger partial charge in [0, 0.05) is 23.2 Å². The molecular formula is C33H29BrFNO3. The minimum atomic E-state index is -0.325. The van der Waals surface area contributed by atoms with E-state index in [0.29, 0.717) is 17.9 Å². The number of rotatable bonds is 5. The Kier molecular flexibility index (Phi) is 6.46. The maximum Gasteiger partial charge on any atom is 0.175 e. The second-order valence-corrected chi connectivity index (χ2v) is 11.9. The Hall–Kier alpha value is -3.64. The van der Waals surface area contributed by atoms with E-state index in [-0.39, 0.29) is 29.7 Å². The molecule has 0 bridgehead atoms. The molecule has 0 unspecified atom stereocenters. The van der Waals surface area contributed by atoms with Gasteiger partial charge in [-0.2, -0.15) is 0 Å². The van der Waals surface area contributed by atoms with Crippen molar-refractivity contribution in [2.75, 3.05) is 12.4 Å². The predicted molar refractivity (Wildman–Crippen MR) is 157 cm³/mol. The third kappa shape index (κ3) is 4.71. The molecular weight excluding hydrogens is 557 g/mol. The summed E-state index contributed by atoms with van der Waals surface area (Å²) in [6.45, 7) is 4.60. The summed E-state index contributed by atoms with van der Waals surface area (Å²) in [5.74, 6) is 0.992. The Morgan fingerprint density at radius 3 is 2.56 bits per heavy atom. The minimum Gasteiger partial charge on any atom is -0.493 e. The topological polar surface area (TPSA) is 47.6 Å². The van der Waals surface area contributed by atoms with Crippen molar-refractivity contribution in [1.82, 2.24) is 0 Å². The van der Waals surface area contributed by atoms with Gasteiger partial charge in [-0.15, -0.1) is 0 Å². The van der Waals surface area contributed by atoms with Crippen LogP contribution in [0.3, 0.4) is 0 Å². The van der Waals surface area contributed by atoms with Crippen LogP contribution < -0.4 is 14.8 Å². The van der Waals surface area contributed by atoms with E-state index < -0.39 is 0 Å². The third-order valence-electron chi connectivity index (χ3n) is 7.62. The number of methoxy groups -OCH3 is 1. The summed E-state index contributed by atoms with van der Waals surface area (Å²) in [6, 6.07) is 22.4. The van der Waals surface area contributed by atoms with Gasteiger partial charge in [-0.1, -0.05) is 56.3 Å². The fourth-order valence-corrected chi connectivity index (χ4v) is 6.44. The average Bonchev–Trinajstić information content (AvgIpc) is 2.91. The number of hydrogen-bond acceptors (Lipinski definition) is 4. The molecule has 0 saturated heterocycles. The molecule has 0 radical (unpaired) electrons. The Morgan fingerprint density at radius 2 is 1.79 bits per heavy atom. The molecule has 4 aromatic carbocycles. The molecule has 6 rings (SSSR count). The smallest absolute Gasteiger partial charge is 0.175 e. The molecule has 0 spiro atoms. The molecule has 1 aliphatic carbocycles. The van der Waals surface area contributed by atoms with Gasteiger partial charge in [-0.25, -0.2) is 4.39 Å². The highest BCUT2D eigenvalue weighted by Crippen LogP contribution is 2.53. The molecule has 1 aliphatic heterocycles. The molecule has 1 heterocycles. The number of carbonyl (C=O) groups is 1. The monoisotopic (exact) mass is 585 g/mol. The van der Waals surface area contributed by atoms with Crippen LogP contribution in [0.25, 0.3) is 16.3 Å². The number of ether oxygens (including phenoxy) is 2. The second-order valence-electron chi connectivity index (χ2n) is 11.1. The van der Waals surface area contributed by atoms with Crippen molar-refractivity contribution in [2.24, 2.45) is 5.41 Å². The van der Waals surface area contributed by atoms with Crippen molar-refractivity contribution in [3.05, 3.63) is 105 Å². The number of nitrogens with one attached hydrogen (secondary N) is 1. The Bertz CT molecular complexity index is 1640. The summed E-state index contributed by atoms with van der Waals surface area (Å²) in [5, 5.41) is 6.01. The van der Waals surface area contributed by atoms with Crippen LogP contribution in [0.1, 0.15) is 49.4 Å². The summed E-state index contributed by atoms with van der Waals surface area (Å²) in [7, 11) is 1.60. The zero-order valence-corrected chi connectivity index (χ0v) is 23.7. The maximum atomic E-state index is 13.8. The first-order valence-corrected chi connectivity index (χ1v) is 13.8. The fraction of sp³-hybridized carbons (Fsp3) is 0.242. The van der Waals surface area contributed by atoms with E-state index in [4.69, 9.17) is 9.47 Å². The van der Waals surface area contributed by atoms with Crippen molar-refractivity contribution < 1.29 is 18.7 Å². The van der Waals surface area contributed by atoms with Crippen molar-refractivity contribution in [3.8, 4) is 11.5 Å². The Morgan fingerprint density at radius 1 is 1.03 bits per heavy atom. The van der Waals surface area contributed by atoms with E-state index >= 15 is 0 Å². The zero-order chi connectivity index (χ0) is 27.3. The average molecular weight is 587 g/mol. The van der Waals surface area contributed by atoms with Gasteiger partial charge < -0.3 is 14.8 Å². The first-order valence-electron chi connectivity index (χ1n) is 13.0. The van der Waals surface area contributed by atoms with Crippen molar-refractivity contribution in [2.45, 2.75) is 39.3 Å². The summed E-state index contributed by atoms with van der Waals surface area (Å²) < 4.78 is 25.9. The van der Waals surface area contributed by atoms with Crippen molar-refractivity contribution in [3.63, 3.8) is 0 Å². The van der Waals surface area contributed by atoms with Crippen molar-refractivity contribution in [1.29, 1.82) is 0 Å². The molecule has 1 N–H and O–H groups in total. The molecule has 0 aromatic heterocycles. The molecule has 0 amide bonds. The van der Waals surface area contributed by atoms with Gasteiger partial charge in [-0.05, 0) is 85.6 Å². The molecule has 39 heavy (non-hydrogen) atoms. The van der Waals surface area contributed by atoms with Crippen LogP contribution in [-0.2, 0) is 11.4 Å². The lowest BCUT2D eigenvalue weighted by molar-refractivity contribution is -0.118. The fourth-order valence-electron chi connectivity index (χ4n) is 5.87. The molecule has 4 aromatic rings. The van der Waals surface area contributed by atoms with Crippen LogP contribution in [0.4, 0.5) is 10.1 Å². The quantitative estimate of drug-likeness (QED) is 0.254. The van der Waals surface area contributed by atoms with Gasteiger partial charge in [0.25, 0.3) is 0 Å². The van der Waals surface area contributed by atoms with E-state index in [1.165, 1.54) is 12.1 Å². The molecule has 6 heteroatoms. The van der Waals surface area contributed by atoms with Crippen LogP contribution in [0.2, 0.25) is 0 Å². The summed E-state index contributed by atoms with van der Waals surface area (Å²) in [4.78, 5) is 13.8. The lowest BCUT2D eigenvalue weighted by atomic mass is 9.68. The number of fused-ring (bicyclic) bond motifs is 4. The first kappa shape index (κ1) is 25.6. The number of carbonyl (C=O) groups excluding carboxylic acids is 1. The van der Waals surface area contributed by atoms with E-state index in [9.17, 15) is 9.18 Å². The number of anilines is 1. The Labute approximate surface area is 236 Å². The Balaban J connectivity index is 1.44. The summed E-state index contributed by atoms with van der Waals surface area (Å²) in [5.41, 5.74) is 5.73. The molecule has 4 nitrogen and oxygen atoms in total. The van der Waals surface area contributed by atoms with Gasteiger partial charge in [0.1, 0.15) is 12.4 Å². The predicted octanol–water partition coefficient (Wildman–Crippen LogP) is 8.64. The molecule has 0 fully saturated rings. The van der Waals surface area contributed by atoms with E-state index in [0.717, 1.165) is 55.2 Å². The van der Waals surface area contributed by atoms with Crippen LogP contribution in [0.15, 0.2) is 82.8 Å². The lowest BCUT2D eigenvalue weighted by Crippen LogP contribution is -2.33. The number of benzene rings is 4. The number of hydrogen-bond donors (Lipinski definition) is 1. The standard InChI is InChI=1S/C33H29BrFNO3/c1-33(2)16-24-29-23-7-5-4-6-20(23)10-13-26(29)36-31(30(24)27(37)17-33)21-14-25(34)32(28(15-21)38-3)39-18-19-8-11-22(35)12-9-19/h4-15,31,36H,16-18H2,1-3H3/t31-/m0/s1. The molecule has 0 saturated carbocycles.